The predicted octanol–water partition coefficient (Wildman–Crippen LogP) is 0.430. The number of rotatable bonds is 3. The van der Waals surface area contributed by atoms with Gasteiger partial charge in [0.1, 0.15) is 6.04 Å². The lowest BCUT2D eigenvalue weighted by Crippen LogP contribution is -2.17. The maximum Gasteiger partial charge on any atom is 0.330 e. The van der Waals surface area contributed by atoms with Crippen LogP contribution in [-0.2, 0) is 9.53 Å². The van der Waals surface area contributed by atoms with Crippen LogP contribution in [0.1, 0.15) is 23.3 Å². The van der Waals surface area contributed by atoms with E-state index in [1.807, 2.05) is 0 Å². The zero-order valence-corrected chi connectivity index (χ0v) is 7.43. The van der Waals surface area contributed by atoms with Crippen LogP contribution in [0.2, 0.25) is 0 Å². The molecule has 1 atom stereocenters. The van der Waals surface area contributed by atoms with Crippen molar-refractivity contribution in [2.24, 2.45) is 0 Å². The van der Waals surface area contributed by atoms with Gasteiger partial charge in [-0.15, -0.1) is 0 Å². The molecule has 5 heteroatoms. The molecule has 1 heterocycles. The maximum absolute atomic E-state index is 11.0. The molecule has 5 nitrogen and oxygen atoms in total. The summed E-state index contributed by atoms with van der Waals surface area (Å²) >= 11 is 0. The van der Waals surface area contributed by atoms with Crippen LogP contribution < -0.4 is 0 Å². The molecule has 0 saturated heterocycles. The lowest BCUT2D eigenvalue weighted by Gasteiger charge is -2.08. The Balaban J connectivity index is 2.82. The average Bonchev–Trinajstić information content (AvgIpc) is 2.63. The number of carbonyl (C=O) groups excluding carboxylic acids is 2. The van der Waals surface area contributed by atoms with Crippen molar-refractivity contribution in [1.82, 2.24) is 9.78 Å². The van der Waals surface area contributed by atoms with Crippen molar-refractivity contribution in [1.29, 1.82) is 0 Å². The second kappa shape index (κ2) is 3.84. The van der Waals surface area contributed by atoms with E-state index in [0.717, 1.165) is 0 Å². The third kappa shape index (κ3) is 1.93. The molecule has 0 bridgehead atoms. The zero-order chi connectivity index (χ0) is 9.84. The summed E-state index contributed by atoms with van der Waals surface area (Å²) in [6, 6.07) is -0.501. The highest BCUT2D eigenvalue weighted by Crippen LogP contribution is 2.06. The number of hydrogen-bond donors (Lipinski definition) is 0. The lowest BCUT2D eigenvalue weighted by molar-refractivity contribution is -0.144. The third-order valence-corrected chi connectivity index (χ3v) is 1.70. The second-order valence-corrected chi connectivity index (χ2v) is 2.57. The first-order chi connectivity index (χ1) is 6.19. The minimum absolute atomic E-state index is 0.388. The largest absolute Gasteiger partial charge is 0.467 e. The van der Waals surface area contributed by atoms with E-state index in [0.29, 0.717) is 11.8 Å². The van der Waals surface area contributed by atoms with Gasteiger partial charge < -0.3 is 4.74 Å². The van der Waals surface area contributed by atoms with Gasteiger partial charge in [-0.2, -0.15) is 5.10 Å². The van der Waals surface area contributed by atoms with Crippen LogP contribution in [0, 0.1) is 0 Å². The number of hydrogen-bond acceptors (Lipinski definition) is 4. The molecule has 0 aromatic carbocycles. The molecule has 0 fully saturated rings. The fraction of sp³-hybridized carbons (Fsp3) is 0.375. The molecule has 0 aliphatic heterocycles. The molecular weight excluding hydrogens is 172 g/mol. The quantitative estimate of drug-likeness (QED) is 0.502. The number of methoxy groups -OCH3 is 1. The summed E-state index contributed by atoms with van der Waals surface area (Å²) in [6.45, 7) is 1.65. The Morgan fingerprint density at radius 3 is 2.92 bits per heavy atom. The molecular formula is C8H10N2O3. The molecule has 1 rings (SSSR count). The van der Waals surface area contributed by atoms with Gasteiger partial charge >= 0.3 is 5.97 Å². The van der Waals surface area contributed by atoms with Crippen molar-refractivity contribution < 1.29 is 14.3 Å². The molecule has 0 radical (unpaired) electrons. The number of carbonyl (C=O) groups is 2. The molecule has 70 valence electrons. The smallest absolute Gasteiger partial charge is 0.330 e. The van der Waals surface area contributed by atoms with Gasteiger partial charge in [0.2, 0.25) is 0 Å². The summed E-state index contributed by atoms with van der Waals surface area (Å²) in [4.78, 5) is 21.4. The van der Waals surface area contributed by atoms with E-state index in [4.69, 9.17) is 0 Å². The minimum Gasteiger partial charge on any atom is -0.467 e. The fourth-order valence-electron chi connectivity index (χ4n) is 0.904. The van der Waals surface area contributed by atoms with Crippen molar-refractivity contribution in [2.75, 3.05) is 7.11 Å². The van der Waals surface area contributed by atoms with Crippen molar-refractivity contribution in [3.05, 3.63) is 18.0 Å². The van der Waals surface area contributed by atoms with E-state index in [2.05, 4.69) is 9.84 Å². The summed E-state index contributed by atoms with van der Waals surface area (Å²) < 4.78 is 5.91. The van der Waals surface area contributed by atoms with E-state index in [1.165, 1.54) is 24.2 Å². The Hall–Kier alpha value is -1.65. The molecule has 0 N–H and O–H groups in total. The van der Waals surface area contributed by atoms with Crippen molar-refractivity contribution in [3.63, 3.8) is 0 Å². The Morgan fingerprint density at radius 2 is 2.46 bits per heavy atom. The van der Waals surface area contributed by atoms with Gasteiger partial charge in [-0.1, -0.05) is 0 Å². The minimum atomic E-state index is -0.501. The van der Waals surface area contributed by atoms with Crippen molar-refractivity contribution >= 4 is 12.3 Å². The Labute approximate surface area is 75.3 Å². The normalized spacial score (nSPS) is 12.2. The monoisotopic (exact) mass is 182 g/mol. The molecule has 13 heavy (non-hydrogen) atoms. The molecule has 1 unspecified atom stereocenters. The fourth-order valence-corrected chi connectivity index (χ4v) is 0.904. The van der Waals surface area contributed by atoms with Crippen LogP contribution in [0.25, 0.3) is 0 Å². The summed E-state index contributed by atoms with van der Waals surface area (Å²) in [6.07, 6.45) is 3.56. The Morgan fingerprint density at radius 1 is 1.77 bits per heavy atom. The molecule has 0 saturated carbocycles. The molecule has 0 aliphatic carbocycles. The van der Waals surface area contributed by atoms with Gasteiger partial charge in [0.05, 0.1) is 18.9 Å². The SMILES string of the molecule is COC(=O)C(C)n1cc(C=O)cn1. The van der Waals surface area contributed by atoms with Crippen molar-refractivity contribution in [3.8, 4) is 0 Å². The number of aldehydes is 1. The zero-order valence-electron chi connectivity index (χ0n) is 7.43. The molecule has 1 aromatic heterocycles. The first kappa shape index (κ1) is 9.44. The predicted molar refractivity (Wildman–Crippen MR) is 44.3 cm³/mol. The van der Waals surface area contributed by atoms with Gasteiger partial charge in [0.25, 0.3) is 0 Å². The van der Waals surface area contributed by atoms with Crippen LogP contribution in [0.15, 0.2) is 12.4 Å². The summed E-state index contributed by atoms with van der Waals surface area (Å²) in [5.41, 5.74) is 0.441. The van der Waals surface area contributed by atoms with Gasteiger partial charge in [0, 0.05) is 6.20 Å². The summed E-state index contributed by atoms with van der Waals surface area (Å²) in [5, 5.41) is 3.84. The summed E-state index contributed by atoms with van der Waals surface area (Å²) in [7, 11) is 1.31. The first-order valence-corrected chi connectivity index (χ1v) is 3.76. The summed E-state index contributed by atoms with van der Waals surface area (Å²) in [5.74, 6) is -0.388. The molecule has 0 amide bonds. The highest BCUT2D eigenvalue weighted by molar-refractivity contribution is 5.75. The van der Waals surface area contributed by atoms with E-state index in [9.17, 15) is 9.59 Å². The molecule has 1 aromatic rings. The van der Waals surface area contributed by atoms with E-state index >= 15 is 0 Å². The molecule has 0 spiro atoms. The highest BCUT2D eigenvalue weighted by Gasteiger charge is 2.15. The van der Waals surface area contributed by atoms with E-state index in [1.54, 1.807) is 6.92 Å². The van der Waals surface area contributed by atoms with E-state index in [-0.39, 0.29) is 5.97 Å². The van der Waals surface area contributed by atoms with Crippen LogP contribution >= 0.6 is 0 Å². The van der Waals surface area contributed by atoms with Gasteiger partial charge in [-0.3, -0.25) is 9.48 Å². The Kier molecular flexibility index (Phi) is 2.79. The first-order valence-electron chi connectivity index (χ1n) is 3.76. The third-order valence-electron chi connectivity index (χ3n) is 1.70. The van der Waals surface area contributed by atoms with Crippen LogP contribution in [0.5, 0.6) is 0 Å². The van der Waals surface area contributed by atoms with Crippen molar-refractivity contribution in [2.45, 2.75) is 13.0 Å². The number of ether oxygens (including phenoxy) is 1. The highest BCUT2D eigenvalue weighted by atomic mass is 16.5. The standard InChI is InChI=1S/C8H10N2O3/c1-6(8(12)13-2)10-4-7(5-11)3-9-10/h3-6H,1-2H3. The van der Waals surface area contributed by atoms with E-state index < -0.39 is 6.04 Å². The average molecular weight is 182 g/mol. The maximum atomic E-state index is 11.0. The van der Waals surface area contributed by atoms with Gasteiger partial charge in [0.15, 0.2) is 6.29 Å². The van der Waals surface area contributed by atoms with Crippen LogP contribution in [0.3, 0.4) is 0 Å². The topological polar surface area (TPSA) is 61.2 Å². The number of nitrogens with zero attached hydrogens (tertiary/aromatic N) is 2. The van der Waals surface area contributed by atoms with Gasteiger partial charge in [-0.25, -0.2) is 4.79 Å². The second-order valence-electron chi connectivity index (χ2n) is 2.57. The number of esters is 1. The molecule has 0 aliphatic rings. The number of aromatic nitrogens is 2. The van der Waals surface area contributed by atoms with Crippen LogP contribution in [-0.4, -0.2) is 29.1 Å². The lowest BCUT2D eigenvalue weighted by atomic mass is 10.3. The van der Waals surface area contributed by atoms with Gasteiger partial charge in [-0.05, 0) is 6.92 Å². The van der Waals surface area contributed by atoms with Crippen LogP contribution in [0.4, 0.5) is 0 Å². The Bertz CT molecular complexity index is 319.